The predicted octanol–water partition coefficient (Wildman–Crippen LogP) is 1.29. The van der Waals surface area contributed by atoms with Crippen LogP contribution < -0.4 is 5.32 Å². The number of fused-ring (bicyclic) bond motifs is 1. The molecule has 1 saturated heterocycles. The van der Waals surface area contributed by atoms with E-state index in [1.54, 1.807) is 24.3 Å². The number of carbonyl (C=O) groups excluding carboxylic acids is 2. The van der Waals surface area contributed by atoms with Crippen molar-refractivity contribution in [3.8, 4) is 0 Å². The van der Waals surface area contributed by atoms with E-state index in [4.69, 9.17) is 4.52 Å². The van der Waals surface area contributed by atoms with E-state index in [2.05, 4.69) is 15.5 Å². The van der Waals surface area contributed by atoms with Gasteiger partial charge in [-0.3, -0.25) is 14.5 Å². The molecule has 4 rings (SSSR count). The number of nitrogens with one attached hydrogen (secondary N) is 1. The summed E-state index contributed by atoms with van der Waals surface area (Å²) in [5.74, 6) is 0.235. The highest BCUT2D eigenvalue weighted by atomic mass is 16.5. The van der Waals surface area contributed by atoms with Gasteiger partial charge in [-0.2, -0.15) is 4.98 Å². The van der Waals surface area contributed by atoms with E-state index < -0.39 is 0 Å². The predicted molar refractivity (Wildman–Crippen MR) is 74.9 cm³/mol. The van der Waals surface area contributed by atoms with Crippen LogP contribution in [0.2, 0.25) is 0 Å². The summed E-state index contributed by atoms with van der Waals surface area (Å²) in [6.45, 7) is 0.962. The van der Waals surface area contributed by atoms with Gasteiger partial charge in [0.2, 0.25) is 5.89 Å². The molecule has 1 aromatic carbocycles. The minimum atomic E-state index is -0.314. The fourth-order valence-corrected chi connectivity index (χ4v) is 2.89. The van der Waals surface area contributed by atoms with Crippen molar-refractivity contribution in [3.05, 3.63) is 47.1 Å². The SMILES string of the molecule is O=C1c2ccccc2C(=O)N1Cc1noc([C@@H]2CCCN2)n1. The van der Waals surface area contributed by atoms with Crippen LogP contribution in [-0.4, -0.2) is 33.4 Å². The van der Waals surface area contributed by atoms with Crippen molar-refractivity contribution < 1.29 is 14.1 Å². The average Bonchev–Trinajstić information content (AvgIpc) is 3.25. The van der Waals surface area contributed by atoms with Crippen LogP contribution in [0.25, 0.3) is 0 Å². The lowest BCUT2D eigenvalue weighted by molar-refractivity contribution is 0.0637. The zero-order valence-corrected chi connectivity index (χ0v) is 11.8. The number of benzene rings is 1. The van der Waals surface area contributed by atoms with E-state index in [1.807, 2.05) is 0 Å². The lowest BCUT2D eigenvalue weighted by Gasteiger charge is -2.10. The van der Waals surface area contributed by atoms with Crippen LogP contribution in [0.5, 0.6) is 0 Å². The zero-order valence-electron chi connectivity index (χ0n) is 11.8. The van der Waals surface area contributed by atoms with Crippen molar-refractivity contribution in [3.63, 3.8) is 0 Å². The van der Waals surface area contributed by atoms with Gasteiger partial charge in [-0.15, -0.1) is 0 Å². The normalized spacial score (nSPS) is 20.7. The minimum absolute atomic E-state index is 0.0303. The molecule has 7 heteroatoms. The zero-order chi connectivity index (χ0) is 15.1. The molecule has 7 nitrogen and oxygen atoms in total. The quantitative estimate of drug-likeness (QED) is 0.859. The van der Waals surface area contributed by atoms with Crippen LogP contribution in [0, 0.1) is 0 Å². The molecule has 2 aliphatic heterocycles. The second-order valence-corrected chi connectivity index (χ2v) is 5.44. The molecule has 0 radical (unpaired) electrons. The molecule has 0 bridgehead atoms. The van der Waals surface area contributed by atoms with Gasteiger partial charge in [0.25, 0.3) is 11.8 Å². The van der Waals surface area contributed by atoms with Crippen LogP contribution in [0.1, 0.15) is 51.3 Å². The average molecular weight is 298 g/mol. The standard InChI is InChI=1S/C15H14N4O3/c20-14-9-4-1-2-5-10(9)15(21)19(14)8-12-17-13(22-18-12)11-6-3-7-16-11/h1-2,4-5,11,16H,3,6-8H2/t11-/m0/s1. The Bertz CT molecular complexity index is 714. The first kappa shape index (κ1) is 13.1. The number of rotatable bonds is 3. The number of aromatic nitrogens is 2. The molecular weight excluding hydrogens is 284 g/mol. The third kappa shape index (κ3) is 2.01. The number of hydrogen-bond acceptors (Lipinski definition) is 6. The molecule has 2 aliphatic rings. The maximum atomic E-state index is 12.3. The first-order chi connectivity index (χ1) is 10.7. The molecule has 112 valence electrons. The summed E-state index contributed by atoms with van der Waals surface area (Å²) < 4.78 is 5.23. The van der Waals surface area contributed by atoms with Gasteiger partial charge in [0.05, 0.1) is 23.7 Å². The van der Waals surface area contributed by atoms with Gasteiger partial charge in [-0.05, 0) is 31.5 Å². The highest BCUT2D eigenvalue weighted by molar-refractivity contribution is 6.21. The molecule has 1 N–H and O–H groups in total. The summed E-state index contributed by atoms with van der Waals surface area (Å²) in [5, 5.41) is 7.15. The Morgan fingerprint density at radius 3 is 2.59 bits per heavy atom. The van der Waals surface area contributed by atoms with Gasteiger partial charge >= 0.3 is 0 Å². The summed E-state index contributed by atoms with van der Waals surface area (Å²) in [4.78, 5) is 30.0. The highest BCUT2D eigenvalue weighted by Gasteiger charge is 2.36. The molecule has 2 aromatic rings. The maximum Gasteiger partial charge on any atom is 0.261 e. The van der Waals surface area contributed by atoms with Gasteiger partial charge in [-0.1, -0.05) is 17.3 Å². The summed E-state index contributed by atoms with van der Waals surface area (Å²) in [5.41, 5.74) is 0.849. The molecule has 0 unspecified atom stereocenters. The van der Waals surface area contributed by atoms with E-state index in [9.17, 15) is 9.59 Å². The number of imide groups is 1. The van der Waals surface area contributed by atoms with Crippen molar-refractivity contribution in [1.29, 1.82) is 0 Å². The topological polar surface area (TPSA) is 88.3 Å². The van der Waals surface area contributed by atoms with Crippen LogP contribution in [-0.2, 0) is 6.54 Å². The fourth-order valence-electron chi connectivity index (χ4n) is 2.89. The van der Waals surface area contributed by atoms with E-state index in [1.165, 1.54) is 0 Å². The minimum Gasteiger partial charge on any atom is -0.338 e. The molecule has 0 spiro atoms. The third-order valence-electron chi connectivity index (χ3n) is 4.02. The Balaban J connectivity index is 1.55. The van der Waals surface area contributed by atoms with E-state index >= 15 is 0 Å². The Morgan fingerprint density at radius 2 is 1.95 bits per heavy atom. The van der Waals surface area contributed by atoms with Crippen molar-refractivity contribution in [2.45, 2.75) is 25.4 Å². The van der Waals surface area contributed by atoms with E-state index in [0.29, 0.717) is 22.8 Å². The second-order valence-electron chi connectivity index (χ2n) is 5.44. The number of amides is 2. The summed E-state index contributed by atoms with van der Waals surface area (Å²) in [7, 11) is 0. The molecule has 0 saturated carbocycles. The van der Waals surface area contributed by atoms with E-state index in [0.717, 1.165) is 24.3 Å². The van der Waals surface area contributed by atoms with Crippen LogP contribution in [0.3, 0.4) is 0 Å². The van der Waals surface area contributed by atoms with E-state index in [-0.39, 0.29) is 24.4 Å². The molecule has 22 heavy (non-hydrogen) atoms. The first-order valence-electron chi connectivity index (χ1n) is 7.25. The monoisotopic (exact) mass is 298 g/mol. The van der Waals surface area contributed by atoms with Crippen molar-refractivity contribution >= 4 is 11.8 Å². The van der Waals surface area contributed by atoms with Gasteiger partial charge in [0.1, 0.15) is 0 Å². The lowest BCUT2D eigenvalue weighted by Crippen LogP contribution is -2.29. The molecule has 0 aliphatic carbocycles. The molecule has 2 amide bonds. The lowest BCUT2D eigenvalue weighted by atomic mass is 10.1. The van der Waals surface area contributed by atoms with Gasteiger partial charge in [0.15, 0.2) is 5.82 Å². The van der Waals surface area contributed by atoms with Crippen molar-refractivity contribution in [2.75, 3.05) is 6.54 Å². The Morgan fingerprint density at radius 1 is 1.23 bits per heavy atom. The van der Waals surface area contributed by atoms with Crippen molar-refractivity contribution in [1.82, 2.24) is 20.4 Å². The van der Waals surface area contributed by atoms with Crippen LogP contribution in [0.4, 0.5) is 0 Å². The van der Waals surface area contributed by atoms with Crippen LogP contribution in [0.15, 0.2) is 28.8 Å². The molecule has 1 fully saturated rings. The summed E-state index contributed by atoms with van der Waals surface area (Å²) in [6.07, 6.45) is 2.02. The van der Waals surface area contributed by atoms with Gasteiger partial charge in [0, 0.05) is 0 Å². The summed E-state index contributed by atoms with van der Waals surface area (Å²) >= 11 is 0. The third-order valence-corrected chi connectivity index (χ3v) is 4.02. The first-order valence-corrected chi connectivity index (χ1v) is 7.25. The summed E-state index contributed by atoms with van der Waals surface area (Å²) in [6, 6.07) is 6.86. The maximum absolute atomic E-state index is 12.3. The Hall–Kier alpha value is -2.54. The van der Waals surface area contributed by atoms with Gasteiger partial charge < -0.3 is 9.84 Å². The molecule has 1 atom stereocenters. The molecule has 1 aromatic heterocycles. The fraction of sp³-hybridized carbons (Fsp3) is 0.333. The second kappa shape index (κ2) is 5.03. The highest BCUT2D eigenvalue weighted by Crippen LogP contribution is 2.25. The van der Waals surface area contributed by atoms with Gasteiger partial charge in [-0.25, -0.2) is 0 Å². The Labute approximate surface area is 126 Å². The molecular formula is C15H14N4O3. The Kier molecular flexibility index (Phi) is 3.00. The number of carbonyl (C=O) groups is 2. The van der Waals surface area contributed by atoms with Crippen LogP contribution >= 0.6 is 0 Å². The largest absolute Gasteiger partial charge is 0.338 e. The number of nitrogens with zero attached hydrogens (tertiary/aromatic N) is 3. The smallest absolute Gasteiger partial charge is 0.261 e. The van der Waals surface area contributed by atoms with Crippen molar-refractivity contribution in [2.24, 2.45) is 0 Å². The molecule has 3 heterocycles. The number of hydrogen-bond donors (Lipinski definition) is 1.